The molecule has 30 heteroatoms. The Hall–Kier alpha value is -11.2. The summed E-state index contributed by atoms with van der Waals surface area (Å²) in [6.07, 6.45) is 6.33. The molecule has 29 nitrogen and oxygen atoms in total. The summed E-state index contributed by atoms with van der Waals surface area (Å²) in [4.78, 5) is 186. The molecular weight excluding hydrogens is 1450 g/mol. The maximum absolute atomic E-state index is 15.4. The smallest absolute Gasteiger partial charge is 0.245 e. The molecule has 4 aromatic carbocycles. The maximum Gasteiger partial charge on any atom is 0.245 e. The Morgan fingerprint density at radius 1 is 0.518 bits per heavy atom. The SMILES string of the molecule is CCCC[C@@H]1NC(=O)[C@H](Cc2ccc(O)cc2)NC(=O)CSC[C@@H](C(N)=O)NC(=O)[C@H](Cc2c[nH]c3ccccc23)NC(=O)[C@H](Cc2ccco2)NC(=O)[C@H]([C@@H](C)CC)NC(=O)[C@H](CC(C)C)NC(=O)[C@H](Cc2c[nH]c3ccccc23)NC(=O)[C@H](Cc2ccc(O)cc2)NC(=O)[C@@H]2CCCN2C(=O)[C@H](CCC(C)C)NC1=O. The number of H-pyrrole nitrogens is 2. The third-order valence-electron chi connectivity index (χ3n) is 20.4. The Morgan fingerprint density at radius 2 is 1.00 bits per heavy atom. The van der Waals surface area contributed by atoms with E-state index in [0.717, 1.165) is 22.7 Å². The lowest BCUT2D eigenvalue weighted by Gasteiger charge is -2.31. The lowest BCUT2D eigenvalue weighted by Crippen LogP contribution is -2.62. The number of unbranched alkanes of at least 4 members (excludes halogenated alkanes) is 1. The summed E-state index contributed by atoms with van der Waals surface area (Å²) in [7, 11) is 0. The molecular formula is C82H106N14O15S. The van der Waals surface area contributed by atoms with Crippen LogP contribution in [0.2, 0.25) is 0 Å². The minimum atomic E-state index is -1.51. The highest BCUT2D eigenvalue weighted by Crippen LogP contribution is 2.26. The van der Waals surface area contributed by atoms with Gasteiger partial charge in [-0.1, -0.05) is 128 Å². The van der Waals surface area contributed by atoms with E-state index in [1.165, 1.54) is 35.4 Å². The second kappa shape index (κ2) is 40.7. The summed E-state index contributed by atoms with van der Waals surface area (Å²) in [5, 5.41) is 50.4. The highest BCUT2D eigenvalue weighted by molar-refractivity contribution is 8.00. The number of hydrogen-bond acceptors (Lipinski definition) is 16. The largest absolute Gasteiger partial charge is 0.508 e. The van der Waals surface area contributed by atoms with E-state index >= 15 is 33.6 Å². The number of benzene rings is 4. The quantitative estimate of drug-likeness (QED) is 0.0452. The van der Waals surface area contributed by atoms with Crippen molar-refractivity contribution < 1.29 is 72.2 Å². The number of aromatic nitrogens is 2. The molecule has 2 saturated heterocycles. The van der Waals surface area contributed by atoms with Gasteiger partial charge in [0, 0.05) is 78.6 Å². The highest BCUT2D eigenvalue weighted by Gasteiger charge is 2.42. The number of aromatic amines is 2. The van der Waals surface area contributed by atoms with Crippen molar-refractivity contribution in [2.75, 3.05) is 18.1 Å². The average Bonchev–Trinajstić information content (AvgIpc) is 1.81. The van der Waals surface area contributed by atoms with Crippen LogP contribution in [0.25, 0.3) is 21.8 Å². The van der Waals surface area contributed by atoms with Gasteiger partial charge in [-0.05, 0) is 127 Å². The Balaban J connectivity index is 1.10. The van der Waals surface area contributed by atoms with Crippen LogP contribution in [0.5, 0.6) is 11.5 Å². The van der Waals surface area contributed by atoms with Gasteiger partial charge in [-0.3, -0.25) is 57.5 Å². The minimum Gasteiger partial charge on any atom is -0.508 e. The number of carbonyl (C=O) groups excluding carboxylic acids is 12. The third kappa shape index (κ3) is 23.9. The summed E-state index contributed by atoms with van der Waals surface area (Å²) < 4.78 is 5.70. The van der Waals surface area contributed by atoms with Crippen LogP contribution < -0.4 is 58.9 Å². The number of nitrogens with one attached hydrogen (secondary N) is 12. The van der Waals surface area contributed by atoms with Crippen molar-refractivity contribution in [3.05, 3.63) is 156 Å². The van der Waals surface area contributed by atoms with E-state index in [0.29, 0.717) is 65.3 Å². The summed E-state index contributed by atoms with van der Waals surface area (Å²) in [6, 6.07) is 14.4. The average molecular weight is 1560 g/mol. The van der Waals surface area contributed by atoms with Crippen molar-refractivity contribution in [3.63, 3.8) is 0 Å². The molecule has 12 atom stereocenters. The number of nitrogens with zero attached hydrogens (tertiary/aromatic N) is 1. The van der Waals surface area contributed by atoms with Gasteiger partial charge in [0.2, 0.25) is 70.9 Å². The van der Waals surface area contributed by atoms with Gasteiger partial charge in [0.25, 0.3) is 0 Å². The van der Waals surface area contributed by atoms with E-state index in [2.05, 4.69) is 63.1 Å². The van der Waals surface area contributed by atoms with Gasteiger partial charge < -0.3 is 88.4 Å². The highest BCUT2D eigenvalue weighted by atomic mass is 32.2. The molecule has 2 fully saturated rings. The number of phenolic OH excluding ortho intramolecular Hbond substituents is 2. The number of furan rings is 1. The van der Waals surface area contributed by atoms with E-state index in [9.17, 15) is 34.2 Å². The second-order valence-electron chi connectivity index (χ2n) is 30.0. The van der Waals surface area contributed by atoms with Gasteiger partial charge in [0.15, 0.2) is 0 Å². The molecule has 600 valence electrons. The summed E-state index contributed by atoms with van der Waals surface area (Å²) in [5.41, 5.74) is 9.58. The molecule has 3 aromatic heterocycles. The van der Waals surface area contributed by atoms with E-state index in [4.69, 9.17) is 10.2 Å². The van der Waals surface area contributed by atoms with E-state index in [-0.39, 0.29) is 99.2 Å². The first-order valence-corrected chi connectivity index (χ1v) is 39.7. The molecule has 5 heterocycles. The molecule has 2 aliphatic heterocycles. The Bertz CT molecular complexity index is 4410. The van der Waals surface area contributed by atoms with Crippen molar-refractivity contribution in [1.29, 1.82) is 0 Å². The lowest BCUT2D eigenvalue weighted by atomic mass is 9.95. The number of aromatic hydroxyl groups is 2. The molecule has 0 unspecified atom stereocenters. The van der Waals surface area contributed by atoms with Gasteiger partial charge in [-0.25, -0.2) is 0 Å². The summed E-state index contributed by atoms with van der Waals surface area (Å²) >= 11 is 0.888. The van der Waals surface area contributed by atoms with Gasteiger partial charge in [0.05, 0.1) is 12.0 Å². The molecule has 2 aliphatic rings. The normalized spacial score (nSPS) is 23.5. The predicted molar refractivity (Wildman–Crippen MR) is 423 cm³/mol. The zero-order valence-electron chi connectivity index (χ0n) is 64.4. The number of fused-ring (bicyclic) bond motifs is 3. The number of primary amides is 1. The van der Waals surface area contributed by atoms with Crippen LogP contribution in [0.15, 0.2) is 132 Å². The number of nitrogens with two attached hydrogens (primary N) is 1. The van der Waals surface area contributed by atoms with E-state index < -0.39 is 149 Å². The number of phenols is 2. The Labute approximate surface area is 655 Å². The van der Waals surface area contributed by atoms with Crippen LogP contribution in [0, 0.1) is 17.8 Å². The predicted octanol–water partition coefficient (Wildman–Crippen LogP) is 4.96. The fourth-order valence-electron chi connectivity index (χ4n) is 13.9. The number of rotatable bonds is 21. The van der Waals surface area contributed by atoms with Crippen molar-refractivity contribution >= 4 is 104 Å². The molecule has 0 saturated carbocycles. The molecule has 0 radical (unpaired) electrons. The van der Waals surface area contributed by atoms with Crippen molar-refractivity contribution in [2.45, 2.75) is 205 Å². The Morgan fingerprint density at radius 3 is 1.53 bits per heavy atom. The van der Waals surface area contributed by atoms with Crippen molar-refractivity contribution in [3.8, 4) is 11.5 Å². The number of amides is 12. The molecule has 16 N–H and O–H groups in total. The van der Waals surface area contributed by atoms with Crippen LogP contribution >= 0.6 is 11.8 Å². The van der Waals surface area contributed by atoms with E-state index in [1.54, 1.807) is 68.7 Å². The van der Waals surface area contributed by atoms with Crippen LogP contribution in [-0.2, 0) is 89.6 Å². The lowest BCUT2D eigenvalue weighted by molar-refractivity contribution is -0.143. The van der Waals surface area contributed by atoms with Gasteiger partial charge >= 0.3 is 0 Å². The monoisotopic (exact) mass is 1560 g/mol. The molecule has 0 spiro atoms. The molecule has 7 aromatic rings. The van der Waals surface area contributed by atoms with Gasteiger partial charge in [0.1, 0.15) is 83.7 Å². The molecule has 0 bridgehead atoms. The van der Waals surface area contributed by atoms with Crippen molar-refractivity contribution in [2.24, 2.45) is 23.5 Å². The number of thioether (sulfide) groups is 1. The molecule has 12 amide bonds. The van der Waals surface area contributed by atoms with E-state index in [1.807, 2.05) is 77.1 Å². The van der Waals surface area contributed by atoms with Crippen LogP contribution in [0.4, 0.5) is 0 Å². The summed E-state index contributed by atoms with van der Waals surface area (Å²) in [6.45, 7) is 13.0. The molecule has 9 rings (SSSR count). The summed E-state index contributed by atoms with van der Waals surface area (Å²) in [5.74, 6) is -11.0. The maximum atomic E-state index is 15.4. The fraction of sp³-hybridized carbons (Fsp3) is 0.463. The van der Waals surface area contributed by atoms with Crippen LogP contribution in [-0.4, -0.2) is 180 Å². The molecule has 0 aliphatic carbocycles. The van der Waals surface area contributed by atoms with Gasteiger partial charge in [-0.15, -0.1) is 11.8 Å². The molecule has 112 heavy (non-hydrogen) atoms. The number of hydrogen-bond donors (Lipinski definition) is 15. The Kier molecular flexibility index (Phi) is 30.8. The first kappa shape index (κ1) is 84.8. The number of carbonyl (C=O) groups is 12. The van der Waals surface area contributed by atoms with Gasteiger partial charge in [-0.2, -0.15) is 0 Å². The zero-order valence-corrected chi connectivity index (χ0v) is 65.2. The van der Waals surface area contributed by atoms with Crippen LogP contribution in [0.1, 0.15) is 134 Å². The number of para-hydroxylation sites is 2. The first-order valence-electron chi connectivity index (χ1n) is 38.5. The zero-order chi connectivity index (χ0) is 80.7. The fourth-order valence-corrected chi connectivity index (χ4v) is 14.8. The topological polar surface area (TPSA) is 440 Å². The van der Waals surface area contributed by atoms with Crippen molar-refractivity contribution in [1.82, 2.24) is 68.0 Å². The van der Waals surface area contributed by atoms with Crippen LogP contribution in [0.3, 0.4) is 0 Å². The third-order valence-corrected chi connectivity index (χ3v) is 21.4. The first-order chi connectivity index (χ1) is 53.6. The standard InChI is InChI=1S/C82H106N14O15S/c1-8-10-20-60-73(101)88-61(33-24-46(3)4)82(110)96-34-15-23-69(96)80(108)92-64(38-50-27-31-54(98)32-28-50)75(103)90-65(39-51-42-84-58-21-13-11-18-56(51)58)76(104)89-62(36-47(5)6)79(107)95-71(48(7)9-2)81(109)93-67(41-55-17-16-35-111-55)78(106)91-66(40-52-43-85-59-22-14-12-19-57(52)59)77(105)94-68(72(83)100)44-112-45-70(99)86-63(74(102)87-60)37-49-25-29-53(97)30-26-49/h11-14,16-19,21-22,25-32,35,42-43,46-48,60-69,71,84-85,97-98H,8-10,15,20,23-24,33-34,36-41,44-45H2,1-7H3,(H2,83,100)(H,86,99)(H,87,102)(H,88,101)(H,89,104)(H,90,103)(H,91,106)(H,92,108)(H,93,109)(H,94,105)(H,95,107)/t48-,60-,61-,62-,63-,64-,65-,66-,67-,68-,69-,71-/m0/s1. The minimum absolute atomic E-state index is 0.0196. The second-order valence-corrected chi connectivity index (χ2v) is 31.0.